The van der Waals surface area contributed by atoms with Gasteiger partial charge in [-0.2, -0.15) is 0 Å². The molecule has 2 aromatic rings. The molecule has 126 valence electrons. The van der Waals surface area contributed by atoms with Gasteiger partial charge in [0.2, 0.25) is 0 Å². The Kier molecular flexibility index (Phi) is 6.03. The van der Waals surface area contributed by atoms with Gasteiger partial charge in [0, 0.05) is 16.3 Å². The van der Waals surface area contributed by atoms with Crippen molar-refractivity contribution in [3.05, 3.63) is 54.6 Å². The maximum atomic E-state index is 3.91. The van der Waals surface area contributed by atoms with Crippen LogP contribution in [0.1, 0.15) is 51.0 Å². The third kappa shape index (κ3) is 3.87. The first kappa shape index (κ1) is 17.2. The second-order valence-electron chi connectivity index (χ2n) is 6.42. The zero-order chi connectivity index (χ0) is 16.8. The van der Waals surface area contributed by atoms with E-state index < -0.39 is 0 Å². The lowest BCUT2D eigenvalue weighted by molar-refractivity contribution is 0.608. The lowest BCUT2D eigenvalue weighted by Crippen LogP contribution is -2.22. The number of hydrogen-bond acceptors (Lipinski definition) is 2. The molecule has 1 heterocycles. The smallest absolute Gasteiger partial charge is 0.0553 e. The van der Waals surface area contributed by atoms with E-state index in [1.807, 2.05) is 17.8 Å². The van der Waals surface area contributed by atoms with Crippen molar-refractivity contribution in [2.45, 2.75) is 55.2 Å². The van der Waals surface area contributed by atoms with E-state index in [-0.39, 0.29) is 0 Å². The predicted molar refractivity (Wildman–Crippen MR) is 107 cm³/mol. The van der Waals surface area contributed by atoms with Crippen molar-refractivity contribution in [1.82, 2.24) is 0 Å². The molecule has 0 aromatic heterocycles. The monoisotopic (exact) mass is 337 g/mol. The van der Waals surface area contributed by atoms with E-state index in [1.54, 1.807) is 0 Å². The Morgan fingerprint density at radius 2 is 1.67 bits per heavy atom. The third-order valence-electron chi connectivity index (χ3n) is 4.62. The molecule has 1 nitrogen and oxygen atoms in total. The van der Waals surface area contributed by atoms with Crippen LogP contribution >= 0.6 is 11.8 Å². The van der Waals surface area contributed by atoms with Crippen LogP contribution in [0.2, 0.25) is 0 Å². The van der Waals surface area contributed by atoms with Crippen LogP contribution in [0.25, 0.3) is 6.08 Å². The molecule has 0 radical (unpaired) electrons. The Morgan fingerprint density at radius 1 is 0.917 bits per heavy atom. The van der Waals surface area contributed by atoms with Gasteiger partial charge in [0.05, 0.1) is 11.4 Å². The first-order valence-electron chi connectivity index (χ1n) is 9.14. The fourth-order valence-electron chi connectivity index (χ4n) is 3.27. The van der Waals surface area contributed by atoms with Gasteiger partial charge in [0.15, 0.2) is 0 Å². The molecule has 0 amide bonds. The lowest BCUT2D eigenvalue weighted by atomic mass is 10.1. The molecule has 0 bridgehead atoms. The fourth-order valence-corrected chi connectivity index (χ4v) is 4.41. The number of benzene rings is 2. The van der Waals surface area contributed by atoms with E-state index in [0.29, 0.717) is 0 Å². The van der Waals surface area contributed by atoms with Gasteiger partial charge >= 0.3 is 0 Å². The Morgan fingerprint density at radius 3 is 2.50 bits per heavy atom. The minimum absolute atomic E-state index is 1.10. The summed E-state index contributed by atoms with van der Waals surface area (Å²) in [6, 6.07) is 15.5. The molecule has 1 aliphatic heterocycles. The molecule has 0 saturated heterocycles. The summed E-state index contributed by atoms with van der Waals surface area (Å²) in [6.45, 7) is 7.28. The maximum absolute atomic E-state index is 3.91. The van der Waals surface area contributed by atoms with Crippen LogP contribution in [0.15, 0.2) is 58.8 Å². The molecule has 0 N–H and O–H groups in total. The Labute approximate surface area is 150 Å². The highest BCUT2D eigenvalue weighted by Crippen LogP contribution is 2.48. The second kappa shape index (κ2) is 8.43. The van der Waals surface area contributed by atoms with Crippen LogP contribution in [-0.2, 0) is 0 Å². The number of fused-ring (bicyclic) bond motifs is 2. The van der Waals surface area contributed by atoms with Crippen molar-refractivity contribution in [2.75, 3.05) is 11.4 Å². The molecule has 2 heteroatoms. The van der Waals surface area contributed by atoms with Crippen molar-refractivity contribution in [3.8, 4) is 0 Å². The Balaban J connectivity index is 1.76. The van der Waals surface area contributed by atoms with Crippen LogP contribution < -0.4 is 4.90 Å². The summed E-state index contributed by atoms with van der Waals surface area (Å²) in [4.78, 5) is 5.21. The van der Waals surface area contributed by atoms with Crippen LogP contribution in [0.5, 0.6) is 0 Å². The zero-order valence-corrected chi connectivity index (χ0v) is 15.4. The van der Waals surface area contributed by atoms with Gasteiger partial charge < -0.3 is 4.90 Å². The summed E-state index contributed by atoms with van der Waals surface area (Å²) in [7, 11) is 0. The highest BCUT2D eigenvalue weighted by molar-refractivity contribution is 7.99. The normalized spacial score (nSPS) is 12.6. The van der Waals surface area contributed by atoms with Crippen molar-refractivity contribution >= 4 is 29.2 Å². The first-order valence-corrected chi connectivity index (χ1v) is 9.96. The van der Waals surface area contributed by atoms with Crippen LogP contribution in [0.4, 0.5) is 11.4 Å². The maximum Gasteiger partial charge on any atom is 0.0553 e. The van der Waals surface area contributed by atoms with Crippen LogP contribution in [0, 0.1) is 0 Å². The highest BCUT2D eigenvalue weighted by atomic mass is 32.2. The van der Waals surface area contributed by atoms with Gasteiger partial charge in [-0.1, -0.05) is 81.6 Å². The topological polar surface area (TPSA) is 3.24 Å². The fraction of sp³-hybridized carbons (Fsp3) is 0.364. The van der Waals surface area contributed by atoms with Gasteiger partial charge in [-0.25, -0.2) is 0 Å². The minimum Gasteiger partial charge on any atom is -0.340 e. The van der Waals surface area contributed by atoms with Crippen molar-refractivity contribution in [3.63, 3.8) is 0 Å². The molecule has 0 fully saturated rings. The van der Waals surface area contributed by atoms with Gasteiger partial charge in [-0.05, 0) is 36.2 Å². The predicted octanol–water partition coefficient (Wildman–Crippen LogP) is 7.29. The number of unbranched alkanes of at least 4 members (excludes halogenated alkanes) is 5. The lowest BCUT2D eigenvalue weighted by Gasteiger charge is -2.33. The standard InChI is InChI=1S/C22H27NS/c1-3-5-6-7-8-11-16-23-19-12-9-10-13-21(19)24-22-17-18(4-2)14-15-20(22)23/h4,9-10,12-15,17H,2-3,5-8,11,16H2,1H3. The molecule has 0 atom stereocenters. The van der Waals surface area contributed by atoms with E-state index >= 15 is 0 Å². The molecule has 0 unspecified atom stereocenters. The molecule has 1 aliphatic rings. The van der Waals surface area contributed by atoms with Crippen LogP contribution in [0.3, 0.4) is 0 Å². The van der Waals surface area contributed by atoms with Crippen molar-refractivity contribution in [2.24, 2.45) is 0 Å². The summed E-state index contributed by atoms with van der Waals surface area (Å²) in [5, 5.41) is 0. The van der Waals surface area contributed by atoms with E-state index in [2.05, 4.69) is 60.9 Å². The summed E-state index contributed by atoms with van der Waals surface area (Å²) in [5.74, 6) is 0. The quantitative estimate of drug-likeness (QED) is 0.465. The molecule has 2 aromatic carbocycles. The molecule has 0 saturated carbocycles. The average molecular weight is 338 g/mol. The Hall–Kier alpha value is -1.67. The third-order valence-corrected chi connectivity index (χ3v) is 5.73. The molecule has 3 rings (SSSR count). The van der Waals surface area contributed by atoms with Gasteiger partial charge in [0.1, 0.15) is 0 Å². The summed E-state index contributed by atoms with van der Waals surface area (Å²) in [5.41, 5.74) is 3.90. The highest BCUT2D eigenvalue weighted by Gasteiger charge is 2.22. The summed E-state index contributed by atoms with van der Waals surface area (Å²) in [6.07, 6.45) is 9.94. The largest absolute Gasteiger partial charge is 0.340 e. The van der Waals surface area contributed by atoms with Crippen LogP contribution in [-0.4, -0.2) is 6.54 Å². The van der Waals surface area contributed by atoms with Gasteiger partial charge in [0.25, 0.3) is 0 Å². The van der Waals surface area contributed by atoms with Gasteiger partial charge in [-0.3, -0.25) is 0 Å². The number of nitrogens with zero attached hydrogens (tertiary/aromatic N) is 1. The molecular formula is C22H27NS. The van der Waals surface area contributed by atoms with E-state index in [1.165, 1.54) is 65.3 Å². The van der Waals surface area contributed by atoms with Crippen molar-refractivity contribution in [1.29, 1.82) is 0 Å². The molecular weight excluding hydrogens is 310 g/mol. The second-order valence-corrected chi connectivity index (χ2v) is 7.50. The number of para-hydroxylation sites is 1. The zero-order valence-electron chi connectivity index (χ0n) is 14.6. The average Bonchev–Trinajstić information content (AvgIpc) is 2.63. The SMILES string of the molecule is C=Cc1ccc2c(c1)Sc1ccccc1N2CCCCCCCC. The number of hydrogen-bond donors (Lipinski definition) is 0. The molecule has 24 heavy (non-hydrogen) atoms. The van der Waals surface area contributed by atoms with Crippen molar-refractivity contribution < 1.29 is 0 Å². The minimum atomic E-state index is 1.10. The van der Waals surface area contributed by atoms with Gasteiger partial charge in [-0.15, -0.1) is 0 Å². The number of anilines is 2. The molecule has 0 aliphatic carbocycles. The first-order chi connectivity index (χ1) is 11.8. The molecule has 0 spiro atoms. The van der Waals surface area contributed by atoms with E-state index in [0.717, 1.165) is 6.54 Å². The Bertz CT molecular complexity index is 692. The van der Waals surface area contributed by atoms with E-state index in [9.17, 15) is 0 Å². The summed E-state index contributed by atoms with van der Waals surface area (Å²) < 4.78 is 0. The van der Waals surface area contributed by atoms with E-state index in [4.69, 9.17) is 0 Å². The summed E-state index contributed by atoms with van der Waals surface area (Å²) >= 11 is 1.88. The number of rotatable bonds is 8.